The van der Waals surface area contributed by atoms with Gasteiger partial charge in [-0.25, -0.2) is 0 Å². The smallest absolute Gasteiger partial charge is 0.202 e. The predicted octanol–water partition coefficient (Wildman–Crippen LogP) is 0.457. The summed E-state index contributed by atoms with van der Waals surface area (Å²) in [6, 6.07) is 3.93. The number of phenols is 2. The van der Waals surface area contributed by atoms with Crippen LogP contribution in [0.1, 0.15) is 89.1 Å². The van der Waals surface area contributed by atoms with Crippen molar-refractivity contribution in [2.45, 2.75) is 107 Å². The highest BCUT2D eigenvalue weighted by molar-refractivity contribution is 6.31. The van der Waals surface area contributed by atoms with Crippen molar-refractivity contribution in [1.29, 1.82) is 0 Å². The quantitative estimate of drug-likeness (QED) is 0.126. The summed E-state index contributed by atoms with van der Waals surface area (Å²) in [5, 5.41) is 58.3. The van der Waals surface area contributed by atoms with Gasteiger partial charge in [0.25, 0.3) is 0 Å². The van der Waals surface area contributed by atoms with Gasteiger partial charge in [-0.2, -0.15) is 0 Å². The van der Waals surface area contributed by atoms with E-state index in [1.165, 1.54) is 32.2 Å². The van der Waals surface area contributed by atoms with Crippen LogP contribution in [0, 0.1) is 0 Å². The van der Waals surface area contributed by atoms with Gasteiger partial charge < -0.3 is 55.0 Å². The number of ether oxygens (including phenoxy) is 5. The topological polar surface area (TPSA) is 237 Å². The number of hydrogen-bond donors (Lipinski definition) is 7. The maximum absolute atomic E-state index is 13.9. The Bertz CT molecular complexity index is 1650. The van der Waals surface area contributed by atoms with Crippen LogP contribution in [0.15, 0.2) is 18.2 Å². The molecule has 2 saturated heterocycles. The van der Waals surface area contributed by atoms with E-state index in [9.17, 15) is 39.9 Å². The number of nitrogens with one attached hydrogen (secondary N) is 1. The van der Waals surface area contributed by atoms with Crippen LogP contribution in [-0.2, 0) is 30.2 Å². The summed E-state index contributed by atoms with van der Waals surface area (Å²) in [6.45, 7) is 4.57. The van der Waals surface area contributed by atoms with E-state index >= 15 is 0 Å². The van der Waals surface area contributed by atoms with Crippen LogP contribution in [0.3, 0.4) is 0 Å². The lowest BCUT2D eigenvalue weighted by Gasteiger charge is -2.45. The summed E-state index contributed by atoms with van der Waals surface area (Å²) in [5.41, 5.74) is 2.64. The van der Waals surface area contributed by atoms with Crippen LogP contribution in [0.25, 0.3) is 0 Å². The Balaban J connectivity index is 1.35. The molecule has 15 nitrogen and oxygen atoms in total. The van der Waals surface area contributed by atoms with Gasteiger partial charge in [0.1, 0.15) is 35.1 Å². The van der Waals surface area contributed by atoms with Crippen molar-refractivity contribution in [2.75, 3.05) is 13.8 Å². The number of fused-ring (bicyclic) bond motifs is 3. The average Bonchev–Trinajstić information content (AvgIpc) is 3.05. The molecule has 8 N–H and O–H groups in total. The summed E-state index contributed by atoms with van der Waals surface area (Å²) in [6.07, 6.45) is -7.97. The van der Waals surface area contributed by atoms with E-state index in [2.05, 4.69) is 5.32 Å². The first-order valence-corrected chi connectivity index (χ1v) is 16.2. The number of methoxy groups -OCH3 is 1. The molecule has 2 aromatic carbocycles. The number of Topliss-reactive ketones (excluding diaryl/α,β-unsaturated/α-hetero) is 1. The van der Waals surface area contributed by atoms with Crippen LogP contribution < -0.4 is 15.8 Å². The van der Waals surface area contributed by atoms with Gasteiger partial charge in [-0.1, -0.05) is 12.1 Å². The first kappa shape index (κ1) is 35.3. The Morgan fingerprint density at radius 1 is 1.00 bits per heavy atom. The number of hydrogen-bond acceptors (Lipinski definition) is 15. The summed E-state index contributed by atoms with van der Waals surface area (Å²) >= 11 is 0. The van der Waals surface area contributed by atoms with Gasteiger partial charge in [0, 0.05) is 55.1 Å². The van der Waals surface area contributed by atoms with Gasteiger partial charge >= 0.3 is 0 Å². The standard InChI is InChI=1S/C34H42N2O13/c1-13-28(39)19(38)9-23(46-13)49-33-14(2)47-22(8-18(33)36-12-35)48-21-11-34(44,15(3)37)10-17-25(21)32(43)27-26(30(17)41)29(40)16-6-5-7-20(45-4)24(16)31(27)42/h5-7,13-14,18-19,21-23,28,33,36,38-39,41,43-44H,8-12,35H2,1-4H3/t13-,14-,18-,19-,21-,22-,23-,28-,33+,34-/m0/s1. The van der Waals surface area contributed by atoms with E-state index in [0.29, 0.717) is 0 Å². The first-order valence-electron chi connectivity index (χ1n) is 16.2. The molecule has 0 aromatic heterocycles. The fourth-order valence-corrected chi connectivity index (χ4v) is 7.46. The SMILES string of the molecule is COc1cccc2c1C(=O)c1c(O)c3c(c(O)c1C2=O)C[C@@](O)(C(C)=O)C[C@@H]3O[C@H]1C[C@H](NCN)[C@H](O[C@H]2C[C@H](O)[C@@H](O)[C@H](C)O2)[C@H](C)O1. The zero-order chi connectivity index (χ0) is 35.5. The lowest BCUT2D eigenvalue weighted by atomic mass is 9.72. The molecule has 49 heavy (non-hydrogen) atoms. The zero-order valence-electron chi connectivity index (χ0n) is 27.5. The van der Waals surface area contributed by atoms with Crippen molar-refractivity contribution in [3.05, 3.63) is 51.6 Å². The third-order valence-corrected chi connectivity index (χ3v) is 10.1. The molecule has 2 aromatic rings. The van der Waals surface area contributed by atoms with Crippen LogP contribution >= 0.6 is 0 Å². The molecule has 0 bridgehead atoms. The minimum Gasteiger partial charge on any atom is -0.507 e. The Hall–Kier alpha value is -3.51. The molecule has 6 rings (SSSR count). The molecule has 2 aliphatic carbocycles. The summed E-state index contributed by atoms with van der Waals surface area (Å²) in [4.78, 5) is 40.4. The van der Waals surface area contributed by atoms with E-state index in [0.717, 1.165) is 0 Å². The summed E-state index contributed by atoms with van der Waals surface area (Å²) in [5.74, 6) is -3.29. The van der Waals surface area contributed by atoms with Crippen LogP contribution in [-0.4, -0.2) is 111 Å². The number of carbonyl (C=O) groups is 3. The van der Waals surface area contributed by atoms with Crippen molar-refractivity contribution in [3.63, 3.8) is 0 Å². The second-order valence-corrected chi connectivity index (χ2v) is 13.2. The number of rotatable bonds is 8. The molecule has 0 saturated carbocycles. The highest BCUT2D eigenvalue weighted by atomic mass is 16.7. The number of phenolic OH excluding ortho intramolecular Hbond substituents is 2. The highest BCUT2D eigenvalue weighted by Crippen LogP contribution is 2.52. The Morgan fingerprint density at radius 3 is 2.33 bits per heavy atom. The number of ketones is 3. The molecular formula is C34H42N2O13. The molecule has 0 amide bonds. The molecule has 0 radical (unpaired) electrons. The number of aromatic hydroxyl groups is 2. The number of aliphatic hydroxyl groups is 3. The molecule has 266 valence electrons. The fraction of sp³-hybridized carbons (Fsp3) is 0.559. The molecular weight excluding hydrogens is 644 g/mol. The van der Waals surface area contributed by atoms with Crippen LogP contribution in [0.5, 0.6) is 17.2 Å². The first-order chi connectivity index (χ1) is 23.2. The van der Waals surface area contributed by atoms with E-state index in [4.69, 9.17) is 29.4 Å². The Morgan fingerprint density at radius 2 is 1.67 bits per heavy atom. The molecule has 0 spiro atoms. The third kappa shape index (κ3) is 6.02. The van der Waals surface area contributed by atoms with Gasteiger partial charge in [0.05, 0.1) is 48.2 Å². The number of carbonyl (C=O) groups excluding carboxylic acids is 3. The van der Waals surface area contributed by atoms with Crippen molar-refractivity contribution in [2.24, 2.45) is 5.73 Å². The molecule has 4 aliphatic rings. The van der Waals surface area contributed by atoms with Crippen molar-refractivity contribution in [3.8, 4) is 17.2 Å². The van der Waals surface area contributed by atoms with Gasteiger partial charge in [0.15, 0.2) is 24.1 Å². The average molecular weight is 687 g/mol. The van der Waals surface area contributed by atoms with Gasteiger partial charge in [0.2, 0.25) is 5.78 Å². The molecule has 15 heteroatoms. The van der Waals surface area contributed by atoms with Gasteiger partial charge in [-0.05, 0) is 26.8 Å². The maximum Gasteiger partial charge on any atom is 0.202 e. The molecule has 0 unspecified atom stereocenters. The summed E-state index contributed by atoms with van der Waals surface area (Å²) < 4.78 is 29.8. The van der Waals surface area contributed by atoms with Crippen LogP contribution in [0.4, 0.5) is 0 Å². The largest absolute Gasteiger partial charge is 0.507 e. The highest BCUT2D eigenvalue weighted by Gasteiger charge is 2.50. The number of nitrogens with two attached hydrogens (primary N) is 1. The van der Waals surface area contributed by atoms with Gasteiger partial charge in [-0.3, -0.25) is 19.7 Å². The lowest BCUT2D eigenvalue weighted by Crippen LogP contribution is -2.58. The monoisotopic (exact) mass is 686 g/mol. The second kappa shape index (κ2) is 13.3. The van der Waals surface area contributed by atoms with Crippen molar-refractivity contribution < 1.29 is 63.6 Å². The summed E-state index contributed by atoms with van der Waals surface area (Å²) in [7, 11) is 1.34. The molecule has 2 heterocycles. The normalized spacial score (nSPS) is 34.2. The van der Waals surface area contributed by atoms with Crippen molar-refractivity contribution >= 4 is 17.3 Å². The number of benzene rings is 2. The minimum absolute atomic E-state index is 0.0250. The van der Waals surface area contributed by atoms with E-state index in [-0.39, 0.29) is 53.9 Å². The van der Waals surface area contributed by atoms with Crippen molar-refractivity contribution in [1.82, 2.24) is 5.32 Å². The number of aliphatic hydroxyl groups excluding tert-OH is 2. The lowest BCUT2D eigenvalue weighted by molar-refractivity contribution is -0.304. The Labute approximate surface area is 281 Å². The fourth-order valence-electron chi connectivity index (χ4n) is 7.46. The minimum atomic E-state index is -2.06. The Kier molecular flexibility index (Phi) is 9.60. The van der Waals surface area contributed by atoms with E-state index in [1.54, 1.807) is 13.8 Å². The second-order valence-electron chi connectivity index (χ2n) is 13.2. The van der Waals surface area contributed by atoms with Crippen LogP contribution in [0.2, 0.25) is 0 Å². The predicted molar refractivity (Wildman–Crippen MR) is 168 cm³/mol. The zero-order valence-corrected chi connectivity index (χ0v) is 27.5. The van der Waals surface area contributed by atoms with Gasteiger partial charge in [-0.15, -0.1) is 0 Å². The molecule has 2 fully saturated rings. The molecule has 2 aliphatic heterocycles. The third-order valence-electron chi connectivity index (χ3n) is 10.1. The maximum atomic E-state index is 13.9. The van der Waals surface area contributed by atoms with E-state index < -0.39 is 107 Å². The molecule has 10 atom stereocenters. The van der Waals surface area contributed by atoms with E-state index in [1.807, 2.05) is 0 Å².